The standard InChI is InChI=1S/C13H22OSi/c1-15(2,3)11-10-13(14)12-8-6-4-5-7-9-12/h8,10-11H,4-7,9H2,1-3H3. The van der Waals surface area contributed by atoms with Crippen molar-refractivity contribution in [1.82, 2.24) is 0 Å². The van der Waals surface area contributed by atoms with Crippen molar-refractivity contribution in [3.8, 4) is 0 Å². The van der Waals surface area contributed by atoms with Gasteiger partial charge in [-0.25, -0.2) is 0 Å². The van der Waals surface area contributed by atoms with Crippen LogP contribution in [-0.2, 0) is 4.79 Å². The van der Waals surface area contributed by atoms with Crippen LogP contribution in [0.15, 0.2) is 23.4 Å². The molecule has 1 nitrogen and oxygen atoms in total. The average molecular weight is 222 g/mol. The minimum Gasteiger partial charge on any atom is -0.290 e. The predicted octanol–water partition coefficient (Wildman–Crippen LogP) is 3.88. The van der Waals surface area contributed by atoms with Crippen LogP contribution in [0.3, 0.4) is 0 Å². The Labute approximate surface area is 94.3 Å². The maximum Gasteiger partial charge on any atom is 0.180 e. The second-order valence-electron chi connectivity index (χ2n) is 5.39. The third-order valence-corrected chi connectivity index (χ3v) is 3.76. The molecule has 0 amide bonds. The molecule has 15 heavy (non-hydrogen) atoms. The van der Waals surface area contributed by atoms with Crippen LogP contribution in [-0.4, -0.2) is 13.9 Å². The number of carbonyl (C=O) groups excluding carboxylic acids is 1. The van der Waals surface area contributed by atoms with Gasteiger partial charge in [-0.3, -0.25) is 4.79 Å². The molecule has 1 aliphatic carbocycles. The van der Waals surface area contributed by atoms with E-state index in [-0.39, 0.29) is 5.78 Å². The molecule has 0 atom stereocenters. The molecule has 0 N–H and O–H groups in total. The van der Waals surface area contributed by atoms with Gasteiger partial charge in [-0.2, -0.15) is 0 Å². The SMILES string of the molecule is C[Si](C)(C)C=CC(=O)C1=CCCCCC1. The first-order chi connectivity index (χ1) is 6.99. The molecule has 0 radical (unpaired) electrons. The van der Waals surface area contributed by atoms with Crippen LogP contribution in [0.5, 0.6) is 0 Å². The molecule has 1 aliphatic rings. The van der Waals surface area contributed by atoms with Crippen molar-refractivity contribution < 1.29 is 4.79 Å². The lowest BCUT2D eigenvalue weighted by molar-refractivity contribution is -0.111. The molecular weight excluding hydrogens is 200 g/mol. The summed E-state index contributed by atoms with van der Waals surface area (Å²) in [5.41, 5.74) is 3.18. The molecular formula is C13H22OSi. The summed E-state index contributed by atoms with van der Waals surface area (Å²) in [6.07, 6.45) is 9.71. The van der Waals surface area contributed by atoms with Crippen LogP contribution >= 0.6 is 0 Å². The molecule has 0 saturated carbocycles. The van der Waals surface area contributed by atoms with Crippen LogP contribution in [0, 0.1) is 0 Å². The topological polar surface area (TPSA) is 17.1 Å². The Morgan fingerprint density at radius 1 is 1.27 bits per heavy atom. The monoisotopic (exact) mass is 222 g/mol. The van der Waals surface area contributed by atoms with Crippen molar-refractivity contribution in [3.63, 3.8) is 0 Å². The van der Waals surface area contributed by atoms with Gasteiger partial charge < -0.3 is 0 Å². The molecule has 0 heterocycles. The number of carbonyl (C=O) groups is 1. The molecule has 2 heteroatoms. The van der Waals surface area contributed by atoms with Gasteiger partial charge in [0.25, 0.3) is 0 Å². The summed E-state index contributed by atoms with van der Waals surface area (Å²) in [4.78, 5) is 11.9. The number of rotatable bonds is 3. The van der Waals surface area contributed by atoms with Crippen molar-refractivity contribution in [3.05, 3.63) is 23.4 Å². The van der Waals surface area contributed by atoms with E-state index in [9.17, 15) is 4.79 Å². The Balaban J connectivity index is 2.60. The van der Waals surface area contributed by atoms with Gasteiger partial charge in [-0.1, -0.05) is 37.8 Å². The smallest absolute Gasteiger partial charge is 0.180 e. The van der Waals surface area contributed by atoms with E-state index < -0.39 is 8.07 Å². The number of ketones is 1. The van der Waals surface area contributed by atoms with E-state index in [0.717, 1.165) is 18.4 Å². The van der Waals surface area contributed by atoms with Gasteiger partial charge in [0.15, 0.2) is 5.78 Å². The average Bonchev–Trinajstić information content (AvgIpc) is 2.41. The predicted molar refractivity (Wildman–Crippen MR) is 68.7 cm³/mol. The fourth-order valence-corrected chi connectivity index (χ4v) is 2.32. The Bertz CT molecular complexity index is 281. The summed E-state index contributed by atoms with van der Waals surface area (Å²) in [6, 6.07) is 0. The fraction of sp³-hybridized carbons (Fsp3) is 0.615. The largest absolute Gasteiger partial charge is 0.290 e. The second kappa shape index (κ2) is 5.45. The van der Waals surface area contributed by atoms with E-state index in [0.29, 0.717) is 0 Å². The lowest BCUT2D eigenvalue weighted by Crippen LogP contribution is -2.16. The molecule has 0 spiro atoms. The molecule has 0 unspecified atom stereocenters. The molecule has 0 fully saturated rings. The zero-order valence-corrected chi connectivity index (χ0v) is 11.2. The zero-order valence-electron chi connectivity index (χ0n) is 10.2. The molecule has 0 aliphatic heterocycles. The summed E-state index contributed by atoms with van der Waals surface area (Å²) in [5.74, 6) is 0.249. The maximum atomic E-state index is 11.9. The summed E-state index contributed by atoms with van der Waals surface area (Å²) in [5, 5.41) is 0. The first kappa shape index (κ1) is 12.4. The lowest BCUT2D eigenvalue weighted by atomic mass is 10.1. The van der Waals surface area contributed by atoms with E-state index in [1.54, 1.807) is 0 Å². The highest BCUT2D eigenvalue weighted by Crippen LogP contribution is 2.18. The number of hydrogen-bond acceptors (Lipinski definition) is 1. The highest BCUT2D eigenvalue weighted by atomic mass is 28.3. The Morgan fingerprint density at radius 3 is 2.67 bits per heavy atom. The maximum absolute atomic E-state index is 11.9. The van der Waals surface area contributed by atoms with Gasteiger partial charge >= 0.3 is 0 Å². The van der Waals surface area contributed by atoms with E-state index in [4.69, 9.17) is 0 Å². The van der Waals surface area contributed by atoms with Gasteiger partial charge in [-0.05, 0) is 37.3 Å². The molecule has 84 valence electrons. The van der Waals surface area contributed by atoms with Crippen molar-refractivity contribution in [2.45, 2.75) is 51.7 Å². The molecule has 0 bridgehead atoms. The van der Waals surface area contributed by atoms with Gasteiger partial charge in [0, 0.05) is 0 Å². The van der Waals surface area contributed by atoms with Crippen LogP contribution in [0.25, 0.3) is 0 Å². The summed E-state index contributed by atoms with van der Waals surface area (Å²) >= 11 is 0. The first-order valence-electron chi connectivity index (χ1n) is 5.92. The van der Waals surface area contributed by atoms with E-state index in [1.807, 2.05) is 6.08 Å². The fourth-order valence-electron chi connectivity index (χ4n) is 1.67. The molecule has 0 saturated heterocycles. The Kier molecular flexibility index (Phi) is 4.52. The van der Waals surface area contributed by atoms with Crippen LogP contribution < -0.4 is 0 Å². The Hall–Kier alpha value is -0.633. The zero-order chi connectivity index (χ0) is 11.3. The van der Waals surface area contributed by atoms with Crippen LogP contribution in [0.2, 0.25) is 19.6 Å². The van der Waals surface area contributed by atoms with Crippen molar-refractivity contribution >= 4 is 13.9 Å². The summed E-state index contributed by atoms with van der Waals surface area (Å²) < 4.78 is 0. The van der Waals surface area contributed by atoms with E-state index in [1.165, 1.54) is 19.3 Å². The van der Waals surface area contributed by atoms with Crippen molar-refractivity contribution in [2.24, 2.45) is 0 Å². The first-order valence-corrected chi connectivity index (χ1v) is 9.49. The minimum absolute atomic E-state index is 0.249. The summed E-state index contributed by atoms with van der Waals surface area (Å²) in [7, 11) is -1.22. The van der Waals surface area contributed by atoms with Crippen molar-refractivity contribution in [2.75, 3.05) is 0 Å². The van der Waals surface area contributed by atoms with E-state index >= 15 is 0 Å². The van der Waals surface area contributed by atoms with Gasteiger partial charge in [0.1, 0.15) is 0 Å². The number of allylic oxidation sites excluding steroid dienone is 3. The third kappa shape index (κ3) is 5.12. The third-order valence-electron chi connectivity index (χ3n) is 2.59. The van der Waals surface area contributed by atoms with Crippen LogP contribution in [0.1, 0.15) is 32.1 Å². The van der Waals surface area contributed by atoms with Gasteiger partial charge in [0.2, 0.25) is 0 Å². The quantitative estimate of drug-likeness (QED) is 0.523. The minimum atomic E-state index is -1.22. The Morgan fingerprint density at radius 2 is 2.00 bits per heavy atom. The van der Waals surface area contributed by atoms with Gasteiger partial charge in [0.05, 0.1) is 8.07 Å². The molecule has 0 aromatic carbocycles. The van der Waals surface area contributed by atoms with E-state index in [2.05, 4.69) is 31.4 Å². The van der Waals surface area contributed by atoms with Crippen LogP contribution in [0.4, 0.5) is 0 Å². The molecule has 0 aromatic heterocycles. The second-order valence-corrected chi connectivity index (χ2v) is 10.5. The number of hydrogen-bond donors (Lipinski definition) is 0. The lowest BCUT2D eigenvalue weighted by Gasteiger charge is -2.08. The highest BCUT2D eigenvalue weighted by molar-refractivity contribution is 6.81. The van der Waals surface area contributed by atoms with Crippen molar-refractivity contribution in [1.29, 1.82) is 0 Å². The highest BCUT2D eigenvalue weighted by Gasteiger charge is 2.11. The molecule has 0 aromatic rings. The summed E-state index contributed by atoms with van der Waals surface area (Å²) in [6.45, 7) is 6.74. The van der Waals surface area contributed by atoms with Gasteiger partial charge in [-0.15, -0.1) is 0 Å². The normalized spacial score (nSPS) is 18.7. The molecule has 1 rings (SSSR count).